The van der Waals surface area contributed by atoms with Crippen LogP contribution in [0.5, 0.6) is 0 Å². The number of hydrogen-bond acceptors (Lipinski definition) is 6. The van der Waals surface area contributed by atoms with Crippen LogP contribution in [0.25, 0.3) is 5.69 Å². The molecule has 138 valence electrons. The molecule has 2 aromatic heterocycles. The lowest BCUT2D eigenvalue weighted by molar-refractivity contribution is -0.153. The van der Waals surface area contributed by atoms with E-state index in [9.17, 15) is 9.59 Å². The van der Waals surface area contributed by atoms with Crippen LogP contribution in [0.4, 0.5) is 5.95 Å². The summed E-state index contributed by atoms with van der Waals surface area (Å²) in [4.78, 5) is 31.8. The first kappa shape index (κ1) is 18.2. The Morgan fingerprint density at radius 3 is 2.63 bits per heavy atom. The third-order valence-electron chi connectivity index (χ3n) is 3.75. The SMILES string of the molecule is CC(OC(=O)CCc1cnn(-c2ccccc2)c1)C(=O)Nc1ncccn1. The van der Waals surface area contributed by atoms with Gasteiger partial charge in [0.15, 0.2) is 6.10 Å². The number of carbonyl (C=O) groups excluding carboxylic acids is 2. The standard InChI is InChI=1S/C19H19N5O3/c1-14(18(26)23-19-20-10-5-11-21-19)27-17(25)9-8-15-12-22-24(13-15)16-6-3-2-4-7-16/h2-7,10-14H,8-9H2,1H3,(H,20,21,23,26). The van der Waals surface area contributed by atoms with Crippen LogP contribution in [0.2, 0.25) is 0 Å². The Bertz CT molecular complexity index is 896. The van der Waals surface area contributed by atoms with Crippen molar-refractivity contribution in [3.8, 4) is 5.69 Å². The van der Waals surface area contributed by atoms with Gasteiger partial charge in [0, 0.05) is 25.0 Å². The Morgan fingerprint density at radius 2 is 1.89 bits per heavy atom. The summed E-state index contributed by atoms with van der Waals surface area (Å²) in [5, 5.41) is 6.78. The molecule has 8 nitrogen and oxygen atoms in total. The number of nitrogens with one attached hydrogen (secondary N) is 1. The van der Waals surface area contributed by atoms with Gasteiger partial charge in [-0.2, -0.15) is 5.10 Å². The maximum atomic E-state index is 12.0. The largest absolute Gasteiger partial charge is 0.453 e. The summed E-state index contributed by atoms with van der Waals surface area (Å²) < 4.78 is 6.91. The van der Waals surface area contributed by atoms with E-state index < -0.39 is 18.0 Å². The molecule has 1 atom stereocenters. The van der Waals surface area contributed by atoms with Crippen LogP contribution in [0.1, 0.15) is 18.9 Å². The van der Waals surface area contributed by atoms with Gasteiger partial charge >= 0.3 is 5.97 Å². The van der Waals surface area contributed by atoms with E-state index in [1.807, 2.05) is 36.5 Å². The molecule has 1 N–H and O–H groups in total. The smallest absolute Gasteiger partial charge is 0.306 e. The van der Waals surface area contributed by atoms with Gasteiger partial charge in [-0.05, 0) is 37.1 Å². The third kappa shape index (κ3) is 5.21. The van der Waals surface area contributed by atoms with Crippen LogP contribution < -0.4 is 5.32 Å². The number of aromatic nitrogens is 4. The normalized spacial score (nSPS) is 11.6. The number of ether oxygens (including phenoxy) is 1. The third-order valence-corrected chi connectivity index (χ3v) is 3.75. The van der Waals surface area contributed by atoms with E-state index in [1.54, 1.807) is 16.9 Å². The van der Waals surface area contributed by atoms with Crippen molar-refractivity contribution in [3.05, 3.63) is 66.7 Å². The fourth-order valence-electron chi connectivity index (χ4n) is 2.34. The van der Waals surface area contributed by atoms with Gasteiger partial charge in [0.1, 0.15) is 0 Å². The van der Waals surface area contributed by atoms with Crippen LogP contribution in [0, 0.1) is 0 Å². The first-order chi connectivity index (χ1) is 13.1. The van der Waals surface area contributed by atoms with Gasteiger partial charge in [-0.3, -0.25) is 14.9 Å². The Morgan fingerprint density at radius 1 is 1.15 bits per heavy atom. The minimum absolute atomic E-state index is 0.153. The van der Waals surface area contributed by atoms with Crippen molar-refractivity contribution < 1.29 is 14.3 Å². The van der Waals surface area contributed by atoms with Crippen LogP contribution >= 0.6 is 0 Å². The summed E-state index contributed by atoms with van der Waals surface area (Å²) >= 11 is 0. The fraction of sp³-hybridized carbons (Fsp3) is 0.211. The van der Waals surface area contributed by atoms with Crippen molar-refractivity contribution in [2.75, 3.05) is 5.32 Å². The summed E-state index contributed by atoms with van der Waals surface area (Å²) in [6.07, 6.45) is 6.29. The molecule has 1 amide bonds. The van der Waals surface area contributed by atoms with Crippen molar-refractivity contribution >= 4 is 17.8 Å². The van der Waals surface area contributed by atoms with Gasteiger partial charge in [0.05, 0.1) is 11.9 Å². The molecule has 0 bridgehead atoms. The predicted molar refractivity (Wildman–Crippen MR) is 98.1 cm³/mol. The number of aryl methyl sites for hydroxylation is 1. The number of para-hydroxylation sites is 1. The molecular formula is C19H19N5O3. The number of rotatable bonds is 7. The molecule has 27 heavy (non-hydrogen) atoms. The van der Waals surface area contributed by atoms with Crippen molar-refractivity contribution in [2.45, 2.75) is 25.9 Å². The molecule has 1 unspecified atom stereocenters. The van der Waals surface area contributed by atoms with Crippen LogP contribution in [0.3, 0.4) is 0 Å². The second-order valence-corrected chi connectivity index (χ2v) is 5.82. The Kier molecular flexibility index (Phi) is 5.88. The molecule has 0 saturated heterocycles. The van der Waals surface area contributed by atoms with Gasteiger partial charge in [-0.1, -0.05) is 18.2 Å². The highest BCUT2D eigenvalue weighted by Gasteiger charge is 2.18. The van der Waals surface area contributed by atoms with Gasteiger partial charge < -0.3 is 4.74 Å². The number of anilines is 1. The molecule has 0 fully saturated rings. The Hall–Kier alpha value is -3.55. The lowest BCUT2D eigenvalue weighted by Crippen LogP contribution is -2.30. The lowest BCUT2D eigenvalue weighted by Gasteiger charge is -2.12. The molecular weight excluding hydrogens is 346 g/mol. The van der Waals surface area contributed by atoms with E-state index in [1.165, 1.54) is 19.3 Å². The summed E-state index contributed by atoms with van der Waals surface area (Å²) in [6.45, 7) is 1.50. The maximum absolute atomic E-state index is 12.0. The van der Waals surface area contributed by atoms with Crippen molar-refractivity contribution in [1.29, 1.82) is 0 Å². The maximum Gasteiger partial charge on any atom is 0.306 e. The Balaban J connectivity index is 1.47. The van der Waals surface area contributed by atoms with Crippen LogP contribution in [-0.2, 0) is 20.7 Å². The topological polar surface area (TPSA) is 99.0 Å². The molecule has 3 rings (SSSR count). The van der Waals surface area contributed by atoms with E-state index in [0.29, 0.717) is 6.42 Å². The molecule has 1 aromatic carbocycles. The fourth-order valence-corrected chi connectivity index (χ4v) is 2.34. The molecule has 8 heteroatoms. The lowest BCUT2D eigenvalue weighted by atomic mass is 10.2. The molecule has 0 spiro atoms. The number of amides is 1. The van der Waals surface area contributed by atoms with Crippen molar-refractivity contribution in [3.63, 3.8) is 0 Å². The number of esters is 1. The zero-order valence-corrected chi connectivity index (χ0v) is 14.8. The van der Waals surface area contributed by atoms with Gasteiger partial charge in [-0.25, -0.2) is 14.6 Å². The predicted octanol–water partition coefficient (Wildman–Crippen LogP) is 2.17. The summed E-state index contributed by atoms with van der Waals surface area (Å²) in [6, 6.07) is 11.3. The van der Waals surface area contributed by atoms with Crippen molar-refractivity contribution in [2.24, 2.45) is 0 Å². The zero-order chi connectivity index (χ0) is 19.1. The highest BCUT2D eigenvalue weighted by atomic mass is 16.5. The number of nitrogens with zero attached hydrogens (tertiary/aromatic N) is 4. The van der Waals surface area contributed by atoms with Crippen LogP contribution in [-0.4, -0.2) is 37.7 Å². The zero-order valence-electron chi connectivity index (χ0n) is 14.8. The summed E-state index contributed by atoms with van der Waals surface area (Å²) in [5.41, 5.74) is 1.85. The first-order valence-corrected chi connectivity index (χ1v) is 8.48. The van der Waals surface area contributed by atoms with E-state index in [-0.39, 0.29) is 12.4 Å². The summed E-state index contributed by atoms with van der Waals surface area (Å²) in [7, 11) is 0. The number of carbonyl (C=O) groups is 2. The quantitative estimate of drug-likeness (QED) is 0.644. The van der Waals surface area contributed by atoms with Crippen LogP contribution in [0.15, 0.2) is 61.2 Å². The molecule has 2 heterocycles. The molecule has 0 saturated carbocycles. The minimum Gasteiger partial charge on any atom is -0.453 e. The summed E-state index contributed by atoms with van der Waals surface area (Å²) in [5.74, 6) is -0.774. The average Bonchev–Trinajstić information content (AvgIpc) is 3.17. The van der Waals surface area contributed by atoms with Gasteiger partial charge in [-0.15, -0.1) is 0 Å². The van der Waals surface area contributed by atoms with Gasteiger partial charge in [0.2, 0.25) is 5.95 Å². The average molecular weight is 365 g/mol. The second kappa shape index (κ2) is 8.70. The van der Waals surface area contributed by atoms with E-state index in [2.05, 4.69) is 20.4 Å². The highest BCUT2D eigenvalue weighted by Crippen LogP contribution is 2.10. The highest BCUT2D eigenvalue weighted by molar-refractivity contribution is 5.93. The second-order valence-electron chi connectivity index (χ2n) is 5.82. The molecule has 0 aliphatic carbocycles. The van der Waals surface area contributed by atoms with Gasteiger partial charge in [0.25, 0.3) is 5.91 Å². The first-order valence-electron chi connectivity index (χ1n) is 8.48. The number of hydrogen-bond donors (Lipinski definition) is 1. The number of benzene rings is 1. The molecule has 0 aliphatic rings. The minimum atomic E-state index is -0.937. The van der Waals surface area contributed by atoms with E-state index in [4.69, 9.17) is 4.74 Å². The Labute approximate surface area is 156 Å². The monoisotopic (exact) mass is 365 g/mol. The molecule has 0 aliphatic heterocycles. The molecule has 3 aromatic rings. The molecule has 0 radical (unpaired) electrons. The van der Waals surface area contributed by atoms with E-state index >= 15 is 0 Å². The van der Waals surface area contributed by atoms with E-state index in [0.717, 1.165) is 11.3 Å². The van der Waals surface area contributed by atoms with Crippen molar-refractivity contribution in [1.82, 2.24) is 19.7 Å².